The van der Waals surface area contributed by atoms with Crippen molar-refractivity contribution in [3.63, 3.8) is 0 Å². The van der Waals surface area contributed by atoms with E-state index in [1.54, 1.807) is 36.4 Å². The molecule has 0 aliphatic heterocycles. The highest BCUT2D eigenvalue weighted by atomic mass is 35.5. The summed E-state index contributed by atoms with van der Waals surface area (Å²) in [4.78, 5) is 27.8. The molecule has 156 valence electrons. The summed E-state index contributed by atoms with van der Waals surface area (Å²) in [6, 6.07) is 13.8. The molecule has 3 aromatic rings. The molecule has 0 spiro atoms. The maximum absolute atomic E-state index is 12.9. The molecule has 0 bridgehead atoms. The molecule has 4 N–H and O–H groups in total. The van der Waals surface area contributed by atoms with Gasteiger partial charge in [-0.1, -0.05) is 35.9 Å². The van der Waals surface area contributed by atoms with Gasteiger partial charge in [0, 0.05) is 17.8 Å². The van der Waals surface area contributed by atoms with Gasteiger partial charge in [0.2, 0.25) is 0 Å². The molecule has 8 heteroatoms. The quantitative estimate of drug-likeness (QED) is 0.460. The van der Waals surface area contributed by atoms with Gasteiger partial charge in [-0.2, -0.15) is 0 Å². The summed E-state index contributed by atoms with van der Waals surface area (Å²) in [7, 11) is 1.50. The van der Waals surface area contributed by atoms with Crippen LogP contribution in [-0.4, -0.2) is 29.7 Å². The molecule has 1 atom stereocenters. The van der Waals surface area contributed by atoms with Crippen molar-refractivity contribution < 1.29 is 14.6 Å². The number of pyridine rings is 1. The van der Waals surface area contributed by atoms with Crippen molar-refractivity contribution in [2.24, 2.45) is 0 Å². The van der Waals surface area contributed by atoms with Gasteiger partial charge in [0.15, 0.2) is 0 Å². The number of nitrogens with one attached hydrogen (secondary N) is 3. The number of aliphatic hydroxyl groups is 1. The number of anilines is 2. The first-order valence-corrected chi connectivity index (χ1v) is 9.62. The number of carbonyl (C=O) groups is 1. The number of hydrogen-bond donors (Lipinski definition) is 4. The van der Waals surface area contributed by atoms with E-state index in [0.717, 1.165) is 5.56 Å². The van der Waals surface area contributed by atoms with Gasteiger partial charge in [0.25, 0.3) is 11.5 Å². The largest absolute Gasteiger partial charge is 0.495 e. The number of methoxy groups -OCH3 is 1. The molecule has 0 aliphatic rings. The molecule has 1 heterocycles. The number of aliphatic hydroxyl groups excluding tert-OH is 1. The van der Waals surface area contributed by atoms with E-state index in [-0.39, 0.29) is 12.1 Å². The average Bonchev–Trinajstić information content (AvgIpc) is 2.73. The Labute approximate surface area is 178 Å². The number of H-pyrrole nitrogens is 1. The number of hydrogen-bond acceptors (Lipinski definition) is 5. The Hall–Kier alpha value is -3.29. The highest BCUT2D eigenvalue weighted by Gasteiger charge is 2.19. The van der Waals surface area contributed by atoms with Crippen LogP contribution >= 0.6 is 11.6 Å². The number of rotatable bonds is 7. The zero-order valence-corrected chi connectivity index (χ0v) is 17.3. The standard InChI is InChI=1S/C22H22ClN3O4/c1-13-5-3-8-18(30-2)20(13)26-22(29)19-16(9-10-24-21(19)28)25-12-17(27)14-6-4-7-15(23)11-14/h3-11,17,27H,12H2,1-2H3,(H,26,29)(H2,24,25,28)/t17-/m1/s1. The summed E-state index contributed by atoms with van der Waals surface area (Å²) in [5.41, 5.74) is 1.54. The number of aromatic amines is 1. The van der Waals surface area contributed by atoms with Crippen molar-refractivity contribution >= 4 is 28.9 Å². The van der Waals surface area contributed by atoms with Crippen LogP contribution in [0.3, 0.4) is 0 Å². The molecule has 0 saturated heterocycles. The van der Waals surface area contributed by atoms with Crippen LogP contribution in [0, 0.1) is 6.92 Å². The van der Waals surface area contributed by atoms with Crippen LogP contribution in [0.1, 0.15) is 27.6 Å². The Morgan fingerprint density at radius 2 is 2.00 bits per heavy atom. The van der Waals surface area contributed by atoms with Crippen molar-refractivity contribution in [1.82, 2.24) is 4.98 Å². The van der Waals surface area contributed by atoms with Crippen molar-refractivity contribution in [2.75, 3.05) is 24.3 Å². The highest BCUT2D eigenvalue weighted by molar-refractivity contribution is 6.30. The molecule has 3 rings (SSSR count). The van der Waals surface area contributed by atoms with E-state index in [4.69, 9.17) is 16.3 Å². The van der Waals surface area contributed by atoms with Crippen LogP contribution in [-0.2, 0) is 0 Å². The third kappa shape index (κ3) is 4.82. The van der Waals surface area contributed by atoms with Crippen molar-refractivity contribution in [3.8, 4) is 5.75 Å². The predicted molar refractivity (Wildman–Crippen MR) is 118 cm³/mol. The first kappa shape index (κ1) is 21.4. The molecular formula is C22H22ClN3O4. The molecule has 7 nitrogen and oxygen atoms in total. The second-order valence-corrected chi connectivity index (χ2v) is 7.09. The van der Waals surface area contributed by atoms with E-state index < -0.39 is 17.6 Å². The van der Waals surface area contributed by atoms with Crippen LogP contribution < -0.4 is 20.9 Å². The number of ether oxygens (including phenoxy) is 1. The third-order valence-corrected chi connectivity index (χ3v) is 4.84. The fourth-order valence-corrected chi connectivity index (χ4v) is 3.24. The second kappa shape index (κ2) is 9.47. The van der Waals surface area contributed by atoms with Gasteiger partial charge in [-0.05, 0) is 42.3 Å². The zero-order chi connectivity index (χ0) is 21.7. The first-order valence-electron chi connectivity index (χ1n) is 9.24. The van der Waals surface area contributed by atoms with Crippen molar-refractivity contribution in [2.45, 2.75) is 13.0 Å². The van der Waals surface area contributed by atoms with Crippen LogP contribution in [0.2, 0.25) is 5.02 Å². The summed E-state index contributed by atoms with van der Waals surface area (Å²) >= 11 is 5.97. The van der Waals surface area contributed by atoms with E-state index in [2.05, 4.69) is 15.6 Å². The summed E-state index contributed by atoms with van der Waals surface area (Å²) in [5, 5.41) is 16.7. The number of carbonyl (C=O) groups excluding carboxylic acids is 1. The number of aryl methyl sites for hydroxylation is 1. The van der Waals surface area contributed by atoms with Crippen molar-refractivity contribution in [3.05, 3.63) is 86.8 Å². The zero-order valence-electron chi connectivity index (χ0n) is 16.5. The lowest BCUT2D eigenvalue weighted by Gasteiger charge is -2.16. The molecule has 30 heavy (non-hydrogen) atoms. The lowest BCUT2D eigenvalue weighted by atomic mass is 10.1. The maximum atomic E-state index is 12.9. The van der Waals surface area contributed by atoms with Crippen LogP contribution in [0.15, 0.2) is 59.5 Å². The topological polar surface area (TPSA) is 103 Å². The summed E-state index contributed by atoms with van der Waals surface area (Å²) in [6.07, 6.45) is 0.553. The lowest BCUT2D eigenvalue weighted by Crippen LogP contribution is -2.26. The van der Waals surface area contributed by atoms with Gasteiger partial charge in [-0.15, -0.1) is 0 Å². The Bertz CT molecular complexity index is 1110. The number of amides is 1. The number of para-hydroxylation sites is 1. The molecule has 0 aliphatic carbocycles. The van der Waals surface area contributed by atoms with Gasteiger partial charge in [0.1, 0.15) is 11.3 Å². The van der Waals surface area contributed by atoms with Gasteiger partial charge in [0.05, 0.1) is 24.6 Å². The van der Waals surface area contributed by atoms with Gasteiger partial charge in [-0.3, -0.25) is 9.59 Å². The average molecular weight is 428 g/mol. The van der Waals surface area contributed by atoms with E-state index >= 15 is 0 Å². The number of benzene rings is 2. The van der Waals surface area contributed by atoms with Crippen LogP contribution in [0.5, 0.6) is 5.75 Å². The Kier molecular flexibility index (Phi) is 6.76. The van der Waals surface area contributed by atoms with E-state index in [1.165, 1.54) is 13.3 Å². The smallest absolute Gasteiger partial charge is 0.263 e. The molecule has 0 fully saturated rings. The normalized spacial score (nSPS) is 11.6. The Morgan fingerprint density at radius 3 is 2.73 bits per heavy atom. The highest BCUT2D eigenvalue weighted by Crippen LogP contribution is 2.28. The van der Waals surface area contributed by atoms with Gasteiger partial charge >= 0.3 is 0 Å². The Balaban J connectivity index is 1.83. The van der Waals surface area contributed by atoms with Gasteiger partial charge < -0.3 is 25.5 Å². The fourth-order valence-electron chi connectivity index (χ4n) is 3.04. The second-order valence-electron chi connectivity index (χ2n) is 6.65. The molecule has 2 aromatic carbocycles. The van der Waals surface area contributed by atoms with Crippen LogP contribution in [0.25, 0.3) is 0 Å². The SMILES string of the molecule is COc1cccc(C)c1NC(=O)c1c(NC[C@@H](O)c2cccc(Cl)c2)cc[nH]c1=O. The summed E-state index contributed by atoms with van der Waals surface area (Å²) in [5.74, 6) is -0.106. The van der Waals surface area contributed by atoms with E-state index in [0.29, 0.717) is 27.7 Å². The maximum Gasteiger partial charge on any atom is 0.263 e. The van der Waals surface area contributed by atoms with Crippen molar-refractivity contribution in [1.29, 1.82) is 0 Å². The molecule has 0 saturated carbocycles. The molecular weight excluding hydrogens is 406 g/mol. The minimum Gasteiger partial charge on any atom is -0.495 e. The van der Waals surface area contributed by atoms with E-state index in [9.17, 15) is 14.7 Å². The number of halogens is 1. The van der Waals surface area contributed by atoms with Crippen LogP contribution in [0.4, 0.5) is 11.4 Å². The van der Waals surface area contributed by atoms with Gasteiger partial charge in [-0.25, -0.2) is 0 Å². The molecule has 1 aromatic heterocycles. The summed E-state index contributed by atoms with van der Waals surface area (Å²) in [6.45, 7) is 1.91. The first-order chi connectivity index (χ1) is 14.4. The predicted octanol–water partition coefficient (Wildman–Crippen LogP) is 3.74. The molecule has 1 amide bonds. The molecule has 0 radical (unpaired) electrons. The minimum atomic E-state index is -0.879. The molecule has 0 unspecified atom stereocenters. The summed E-state index contributed by atoms with van der Waals surface area (Å²) < 4.78 is 5.30. The Morgan fingerprint density at radius 1 is 1.23 bits per heavy atom. The fraction of sp³-hybridized carbons (Fsp3) is 0.182. The third-order valence-electron chi connectivity index (χ3n) is 4.60. The minimum absolute atomic E-state index is 0.0811. The van der Waals surface area contributed by atoms with E-state index in [1.807, 2.05) is 19.1 Å². The monoisotopic (exact) mass is 427 g/mol. The lowest BCUT2D eigenvalue weighted by molar-refractivity contribution is 0.102. The number of aromatic nitrogens is 1.